The zero-order valence-corrected chi connectivity index (χ0v) is 18.0. The van der Waals surface area contributed by atoms with Crippen LogP contribution in [0.25, 0.3) is 11.1 Å². The van der Waals surface area contributed by atoms with E-state index in [0.29, 0.717) is 44.9 Å². The van der Waals surface area contributed by atoms with Crippen LogP contribution in [0.15, 0.2) is 61.4 Å². The summed E-state index contributed by atoms with van der Waals surface area (Å²) < 4.78 is 0. The van der Waals surface area contributed by atoms with Crippen LogP contribution in [0, 0.1) is 11.8 Å². The summed E-state index contributed by atoms with van der Waals surface area (Å²) in [6.07, 6.45) is 6.45. The summed E-state index contributed by atoms with van der Waals surface area (Å²) in [6, 6.07) is 12.1. The summed E-state index contributed by atoms with van der Waals surface area (Å²) in [7, 11) is 0. The van der Waals surface area contributed by atoms with E-state index in [1.54, 1.807) is 12.3 Å². The average molecular weight is 406 g/mol. The normalized spacial score (nSPS) is 17.2. The summed E-state index contributed by atoms with van der Waals surface area (Å²) in [4.78, 5) is 34.0. The Bertz CT molecular complexity index is 879. The molecule has 30 heavy (non-hydrogen) atoms. The molecule has 0 radical (unpaired) electrons. The molecule has 5 nitrogen and oxygen atoms in total. The van der Waals surface area contributed by atoms with Crippen LogP contribution in [0.4, 0.5) is 0 Å². The lowest BCUT2D eigenvalue weighted by molar-refractivity contribution is -0.134. The highest BCUT2D eigenvalue weighted by Crippen LogP contribution is 2.27. The summed E-state index contributed by atoms with van der Waals surface area (Å²) in [6.45, 7) is 9.98. The van der Waals surface area contributed by atoms with Crippen LogP contribution in [-0.4, -0.2) is 52.8 Å². The van der Waals surface area contributed by atoms with E-state index in [-0.39, 0.29) is 17.7 Å². The van der Waals surface area contributed by atoms with Crippen LogP contribution in [0.3, 0.4) is 0 Å². The number of benzene rings is 1. The fraction of sp³-hybridized carbons (Fsp3) is 0.400. The van der Waals surface area contributed by atoms with E-state index in [1.807, 2.05) is 54.1 Å². The Hall–Kier alpha value is -2.95. The van der Waals surface area contributed by atoms with Gasteiger partial charge in [-0.1, -0.05) is 50.3 Å². The minimum absolute atomic E-state index is 0.0933. The SMILES string of the molecule is C=CCN1CCN(C(=O)CC(C)C)C[C@H](Cc2ccccc2-c2cccnc2)C1=O. The summed E-state index contributed by atoms with van der Waals surface area (Å²) in [5.74, 6) is 0.242. The van der Waals surface area contributed by atoms with Crippen molar-refractivity contribution in [1.82, 2.24) is 14.8 Å². The monoisotopic (exact) mass is 405 g/mol. The topological polar surface area (TPSA) is 53.5 Å². The maximum atomic E-state index is 13.3. The maximum absolute atomic E-state index is 13.3. The van der Waals surface area contributed by atoms with E-state index >= 15 is 0 Å². The van der Waals surface area contributed by atoms with Gasteiger partial charge in [-0.25, -0.2) is 0 Å². The minimum Gasteiger partial charge on any atom is -0.340 e. The zero-order chi connectivity index (χ0) is 21.5. The lowest BCUT2D eigenvalue weighted by Crippen LogP contribution is -2.38. The summed E-state index contributed by atoms with van der Waals surface area (Å²) >= 11 is 0. The number of carbonyl (C=O) groups is 2. The predicted molar refractivity (Wildman–Crippen MR) is 120 cm³/mol. The highest BCUT2D eigenvalue weighted by molar-refractivity contribution is 5.83. The number of pyridine rings is 1. The fourth-order valence-electron chi connectivity index (χ4n) is 4.01. The Morgan fingerprint density at radius 2 is 2.03 bits per heavy atom. The molecule has 5 heteroatoms. The van der Waals surface area contributed by atoms with E-state index in [0.717, 1.165) is 16.7 Å². The van der Waals surface area contributed by atoms with Crippen LogP contribution in [0.2, 0.25) is 0 Å². The fourth-order valence-corrected chi connectivity index (χ4v) is 4.01. The maximum Gasteiger partial charge on any atom is 0.228 e. The molecule has 0 aliphatic carbocycles. The number of carbonyl (C=O) groups excluding carboxylic acids is 2. The molecule has 1 fully saturated rings. The van der Waals surface area contributed by atoms with Gasteiger partial charge in [-0.05, 0) is 29.5 Å². The molecule has 1 aliphatic heterocycles. The van der Waals surface area contributed by atoms with E-state index < -0.39 is 0 Å². The first-order valence-electron chi connectivity index (χ1n) is 10.6. The molecule has 0 saturated carbocycles. The molecule has 1 atom stereocenters. The molecule has 2 amide bonds. The Morgan fingerprint density at radius 1 is 1.23 bits per heavy atom. The Labute approximate surface area is 179 Å². The quantitative estimate of drug-likeness (QED) is 0.658. The van der Waals surface area contributed by atoms with Crippen molar-refractivity contribution in [2.75, 3.05) is 26.2 Å². The zero-order valence-electron chi connectivity index (χ0n) is 18.0. The van der Waals surface area contributed by atoms with Crippen LogP contribution in [0.1, 0.15) is 25.8 Å². The molecule has 0 N–H and O–H groups in total. The highest BCUT2D eigenvalue weighted by atomic mass is 16.2. The van der Waals surface area contributed by atoms with Gasteiger partial charge in [-0.15, -0.1) is 6.58 Å². The summed E-state index contributed by atoms with van der Waals surface area (Å²) in [5.41, 5.74) is 3.21. The highest BCUT2D eigenvalue weighted by Gasteiger charge is 2.32. The van der Waals surface area contributed by atoms with Crippen molar-refractivity contribution in [3.63, 3.8) is 0 Å². The van der Waals surface area contributed by atoms with Crippen molar-refractivity contribution in [1.29, 1.82) is 0 Å². The van der Waals surface area contributed by atoms with Gasteiger partial charge in [0.2, 0.25) is 11.8 Å². The lowest BCUT2D eigenvalue weighted by atomic mass is 9.91. The second kappa shape index (κ2) is 10.2. The first-order valence-corrected chi connectivity index (χ1v) is 10.6. The average Bonchev–Trinajstić information content (AvgIpc) is 2.89. The van der Waals surface area contributed by atoms with Gasteiger partial charge in [0.25, 0.3) is 0 Å². The van der Waals surface area contributed by atoms with E-state index in [1.165, 1.54) is 0 Å². The molecule has 2 heterocycles. The van der Waals surface area contributed by atoms with Gasteiger partial charge in [0.05, 0.1) is 5.92 Å². The summed E-state index contributed by atoms with van der Waals surface area (Å²) in [5, 5.41) is 0. The van der Waals surface area contributed by atoms with Crippen molar-refractivity contribution >= 4 is 11.8 Å². The first kappa shape index (κ1) is 21.8. The Balaban J connectivity index is 1.89. The number of aromatic nitrogens is 1. The van der Waals surface area contributed by atoms with Crippen LogP contribution >= 0.6 is 0 Å². The van der Waals surface area contributed by atoms with E-state index in [2.05, 4.69) is 23.7 Å². The standard InChI is InChI=1S/C25H31N3O2/c1-4-12-27-13-14-28(24(29)15-19(2)3)18-22(25(27)30)16-20-8-5-6-10-23(20)21-9-7-11-26-17-21/h4-11,17,19,22H,1,12-16,18H2,2-3H3/t22-/m0/s1. The van der Waals surface area contributed by atoms with Gasteiger partial charge in [0.15, 0.2) is 0 Å². The second-order valence-corrected chi connectivity index (χ2v) is 8.31. The van der Waals surface area contributed by atoms with Gasteiger partial charge in [-0.3, -0.25) is 14.6 Å². The molecular weight excluding hydrogens is 374 g/mol. The molecule has 3 rings (SSSR count). The third-order valence-electron chi connectivity index (χ3n) is 5.48. The smallest absolute Gasteiger partial charge is 0.228 e. The molecule has 1 aromatic carbocycles. The number of rotatable bonds is 7. The Morgan fingerprint density at radius 3 is 2.73 bits per heavy atom. The first-order chi connectivity index (χ1) is 14.5. The lowest BCUT2D eigenvalue weighted by Gasteiger charge is -2.25. The van der Waals surface area contributed by atoms with Gasteiger partial charge in [0.1, 0.15) is 0 Å². The molecule has 0 spiro atoms. The van der Waals surface area contributed by atoms with Crippen LogP contribution in [0.5, 0.6) is 0 Å². The van der Waals surface area contributed by atoms with E-state index in [9.17, 15) is 9.59 Å². The van der Waals surface area contributed by atoms with Crippen LogP contribution < -0.4 is 0 Å². The Kier molecular flexibility index (Phi) is 7.39. The number of amides is 2. The van der Waals surface area contributed by atoms with Crippen molar-refractivity contribution in [3.05, 3.63) is 67.0 Å². The van der Waals surface area contributed by atoms with Crippen molar-refractivity contribution < 1.29 is 9.59 Å². The molecule has 0 unspecified atom stereocenters. The second-order valence-electron chi connectivity index (χ2n) is 8.31. The van der Waals surface area contributed by atoms with Crippen molar-refractivity contribution in [3.8, 4) is 11.1 Å². The molecule has 1 saturated heterocycles. The molecule has 1 aliphatic rings. The molecule has 2 aromatic rings. The van der Waals surface area contributed by atoms with Crippen molar-refractivity contribution in [2.24, 2.45) is 11.8 Å². The minimum atomic E-state index is -0.276. The number of nitrogens with zero attached hydrogens (tertiary/aromatic N) is 3. The third kappa shape index (κ3) is 5.35. The largest absolute Gasteiger partial charge is 0.340 e. The van der Waals surface area contributed by atoms with Gasteiger partial charge >= 0.3 is 0 Å². The van der Waals surface area contributed by atoms with Gasteiger partial charge in [-0.2, -0.15) is 0 Å². The van der Waals surface area contributed by atoms with Crippen molar-refractivity contribution in [2.45, 2.75) is 26.7 Å². The van der Waals surface area contributed by atoms with Gasteiger partial charge in [0, 0.05) is 50.6 Å². The predicted octanol–water partition coefficient (Wildman–Crippen LogP) is 3.81. The molecule has 1 aromatic heterocycles. The third-order valence-corrected chi connectivity index (χ3v) is 5.48. The molecule has 158 valence electrons. The van der Waals surface area contributed by atoms with Gasteiger partial charge < -0.3 is 9.80 Å². The molecule has 0 bridgehead atoms. The number of hydrogen-bond acceptors (Lipinski definition) is 3. The molecular formula is C25H31N3O2. The van der Waals surface area contributed by atoms with E-state index in [4.69, 9.17) is 0 Å². The van der Waals surface area contributed by atoms with Crippen LogP contribution in [-0.2, 0) is 16.0 Å². The number of hydrogen-bond donors (Lipinski definition) is 0.